The van der Waals surface area contributed by atoms with Gasteiger partial charge in [-0.1, -0.05) is 12.1 Å². The van der Waals surface area contributed by atoms with Gasteiger partial charge in [0.15, 0.2) is 0 Å². The lowest BCUT2D eigenvalue weighted by Gasteiger charge is -2.12. The summed E-state index contributed by atoms with van der Waals surface area (Å²) in [6.07, 6.45) is 4.18. The molecule has 0 radical (unpaired) electrons. The topological polar surface area (TPSA) is 77.2 Å². The smallest absolute Gasteiger partial charge is 0.330 e. The van der Waals surface area contributed by atoms with Gasteiger partial charge in [0.25, 0.3) is 5.56 Å². The van der Waals surface area contributed by atoms with Gasteiger partial charge in [0.1, 0.15) is 5.01 Å². The Kier molecular flexibility index (Phi) is 4.85. The number of hydrogen-bond acceptors (Lipinski definition) is 5. The minimum Gasteiger partial charge on any atom is -0.335 e. The van der Waals surface area contributed by atoms with Gasteiger partial charge in [-0.25, -0.2) is 9.78 Å². The number of likely N-dealkylation sites (N-methyl/N-ethyl adjacent to an activating group) is 1. The first-order chi connectivity index (χ1) is 12.4. The minimum atomic E-state index is -0.439. The predicted octanol–water partition coefficient (Wildman–Crippen LogP) is 1.37. The number of fused-ring (bicyclic) bond motifs is 1. The summed E-state index contributed by atoms with van der Waals surface area (Å²) in [4.78, 5) is 42.1. The van der Waals surface area contributed by atoms with Gasteiger partial charge in [0.2, 0.25) is 5.91 Å². The summed E-state index contributed by atoms with van der Waals surface area (Å²) in [5, 5.41) is 0.841. The van der Waals surface area contributed by atoms with Crippen LogP contribution in [0.2, 0.25) is 0 Å². The van der Waals surface area contributed by atoms with Crippen LogP contribution in [0.1, 0.15) is 10.6 Å². The van der Waals surface area contributed by atoms with Crippen LogP contribution in [0.15, 0.2) is 46.1 Å². The molecular formula is C18H18N4O3S. The number of rotatable bonds is 4. The molecule has 0 fully saturated rings. The van der Waals surface area contributed by atoms with Gasteiger partial charge in [0.05, 0.1) is 22.3 Å². The molecule has 0 aliphatic heterocycles. The maximum atomic E-state index is 12.3. The fourth-order valence-electron chi connectivity index (χ4n) is 2.51. The van der Waals surface area contributed by atoms with Gasteiger partial charge < -0.3 is 9.47 Å². The van der Waals surface area contributed by atoms with Crippen LogP contribution < -0.4 is 11.2 Å². The van der Waals surface area contributed by atoms with Crippen molar-refractivity contribution < 1.29 is 4.79 Å². The van der Waals surface area contributed by atoms with Crippen molar-refractivity contribution in [1.29, 1.82) is 0 Å². The molecule has 0 spiro atoms. The fourth-order valence-corrected chi connectivity index (χ4v) is 3.53. The molecule has 0 atom stereocenters. The molecule has 3 rings (SSSR count). The number of thiazole rings is 1. The lowest BCUT2D eigenvalue weighted by Crippen LogP contribution is -2.37. The van der Waals surface area contributed by atoms with Gasteiger partial charge >= 0.3 is 5.69 Å². The maximum Gasteiger partial charge on any atom is 0.330 e. The average Bonchev–Trinajstić information content (AvgIpc) is 3.03. The molecule has 1 aromatic carbocycles. The van der Waals surface area contributed by atoms with Gasteiger partial charge in [-0.15, -0.1) is 11.3 Å². The van der Waals surface area contributed by atoms with Crippen LogP contribution in [0.25, 0.3) is 16.3 Å². The number of carbonyl (C=O) groups is 1. The third-order valence-electron chi connectivity index (χ3n) is 3.97. The number of nitrogens with zero attached hydrogens (tertiary/aromatic N) is 4. The molecule has 7 nitrogen and oxygen atoms in total. The van der Waals surface area contributed by atoms with E-state index in [0.29, 0.717) is 6.54 Å². The normalized spacial score (nSPS) is 11.3. The summed E-state index contributed by atoms with van der Waals surface area (Å²) < 4.78 is 3.39. The second-order valence-electron chi connectivity index (χ2n) is 5.95. The Hall–Kier alpha value is -3.00. The molecule has 0 aliphatic carbocycles. The number of hydrogen-bond donors (Lipinski definition) is 0. The highest BCUT2D eigenvalue weighted by molar-refractivity contribution is 7.18. The van der Waals surface area contributed by atoms with Crippen LogP contribution in [-0.2, 0) is 25.4 Å². The van der Waals surface area contributed by atoms with Crippen molar-refractivity contribution in [2.75, 3.05) is 7.05 Å². The van der Waals surface area contributed by atoms with Gasteiger partial charge in [-0.05, 0) is 18.2 Å². The van der Waals surface area contributed by atoms with Crippen LogP contribution in [0.3, 0.4) is 0 Å². The second kappa shape index (κ2) is 7.09. The lowest BCUT2D eigenvalue weighted by atomic mass is 10.3. The molecule has 8 heteroatoms. The van der Waals surface area contributed by atoms with Crippen LogP contribution in [0.5, 0.6) is 0 Å². The molecule has 0 bridgehead atoms. The Bertz CT molecular complexity index is 1090. The summed E-state index contributed by atoms with van der Waals surface area (Å²) in [5.74, 6) is -0.250. The Morgan fingerprint density at radius 1 is 1.27 bits per heavy atom. The van der Waals surface area contributed by atoms with Gasteiger partial charge in [0, 0.05) is 33.4 Å². The molecule has 0 saturated carbocycles. The number of aromatic nitrogens is 3. The Morgan fingerprint density at radius 3 is 2.73 bits per heavy atom. The van der Waals surface area contributed by atoms with E-state index >= 15 is 0 Å². The molecule has 2 heterocycles. The third-order valence-corrected chi connectivity index (χ3v) is 4.99. The van der Waals surface area contributed by atoms with Crippen molar-refractivity contribution in [3.8, 4) is 0 Å². The molecule has 3 aromatic rings. The maximum absolute atomic E-state index is 12.3. The highest BCUT2D eigenvalue weighted by Gasteiger charge is 2.11. The first-order valence-electron chi connectivity index (χ1n) is 7.91. The minimum absolute atomic E-state index is 0.250. The van der Waals surface area contributed by atoms with Crippen molar-refractivity contribution in [3.63, 3.8) is 0 Å². The highest BCUT2D eigenvalue weighted by Crippen LogP contribution is 2.22. The van der Waals surface area contributed by atoms with E-state index in [1.807, 2.05) is 24.3 Å². The van der Waals surface area contributed by atoms with Crippen molar-refractivity contribution in [3.05, 3.63) is 67.9 Å². The number of aryl methyl sites for hydroxylation is 1. The van der Waals surface area contributed by atoms with Crippen molar-refractivity contribution in [2.45, 2.75) is 6.54 Å². The Balaban J connectivity index is 1.76. The van der Waals surface area contributed by atoms with Crippen LogP contribution in [-0.4, -0.2) is 32.0 Å². The van der Waals surface area contributed by atoms with E-state index in [4.69, 9.17) is 0 Å². The number of carbonyl (C=O) groups excluding carboxylic acids is 1. The Morgan fingerprint density at radius 2 is 2.00 bits per heavy atom. The molecule has 0 N–H and O–H groups in total. The number of para-hydroxylation sites is 1. The van der Waals surface area contributed by atoms with Crippen LogP contribution >= 0.6 is 11.3 Å². The highest BCUT2D eigenvalue weighted by atomic mass is 32.1. The van der Waals surface area contributed by atoms with E-state index in [0.717, 1.165) is 19.8 Å². The van der Waals surface area contributed by atoms with E-state index in [9.17, 15) is 14.4 Å². The standard InChI is InChI=1S/C18H18N4O3S/c1-20(11-15-19-13-6-4-5-7-14(13)26-15)16(23)9-8-12-10-21(2)18(25)22(3)17(12)24/h4-10H,11H2,1-3H3. The molecule has 1 amide bonds. The number of amides is 1. The molecule has 134 valence electrons. The molecule has 2 aromatic heterocycles. The second-order valence-corrected chi connectivity index (χ2v) is 7.06. The predicted molar refractivity (Wildman–Crippen MR) is 102 cm³/mol. The number of benzene rings is 1. The summed E-state index contributed by atoms with van der Waals surface area (Å²) >= 11 is 1.54. The largest absolute Gasteiger partial charge is 0.335 e. The van der Waals surface area contributed by atoms with Gasteiger partial charge in [-0.2, -0.15) is 0 Å². The fraction of sp³-hybridized carbons (Fsp3) is 0.222. The van der Waals surface area contributed by atoms with Crippen molar-refractivity contribution in [1.82, 2.24) is 19.0 Å². The van der Waals surface area contributed by atoms with Crippen molar-refractivity contribution in [2.24, 2.45) is 14.1 Å². The van der Waals surface area contributed by atoms with Gasteiger partial charge in [-0.3, -0.25) is 14.2 Å². The monoisotopic (exact) mass is 370 g/mol. The quantitative estimate of drug-likeness (QED) is 0.650. The van der Waals surface area contributed by atoms with Crippen molar-refractivity contribution >= 4 is 33.5 Å². The summed E-state index contributed by atoms with van der Waals surface area (Å²) in [6, 6.07) is 7.81. The van der Waals surface area contributed by atoms with E-state index in [1.54, 1.807) is 25.4 Å². The zero-order chi connectivity index (χ0) is 18.8. The van der Waals surface area contributed by atoms with E-state index < -0.39 is 11.2 Å². The van der Waals surface area contributed by atoms with E-state index in [-0.39, 0.29) is 11.5 Å². The first-order valence-corrected chi connectivity index (χ1v) is 8.73. The van der Waals surface area contributed by atoms with Crippen LogP contribution in [0.4, 0.5) is 0 Å². The zero-order valence-corrected chi connectivity index (χ0v) is 15.5. The summed E-state index contributed by atoms with van der Waals surface area (Å²) in [6.45, 7) is 0.383. The lowest BCUT2D eigenvalue weighted by molar-refractivity contribution is -0.125. The van der Waals surface area contributed by atoms with Crippen LogP contribution in [0, 0.1) is 0 Å². The van der Waals surface area contributed by atoms with E-state index in [1.165, 1.54) is 34.9 Å². The molecule has 0 unspecified atom stereocenters. The SMILES string of the molecule is CN(Cc1nc2ccccc2s1)C(=O)C=Cc1cn(C)c(=O)n(C)c1=O. The van der Waals surface area contributed by atoms with E-state index in [2.05, 4.69) is 4.98 Å². The summed E-state index contributed by atoms with van der Waals surface area (Å²) in [7, 11) is 4.64. The molecule has 26 heavy (non-hydrogen) atoms. The third kappa shape index (κ3) is 3.50. The zero-order valence-electron chi connectivity index (χ0n) is 14.7. The molecule has 0 aliphatic rings. The molecule has 0 saturated heterocycles. The first kappa shape index (κ1) is 17.8. The average molecular weight is 370 g/mol. The molecular weight excluding hydrogens is 352 g/mol. The Labute approximate surface area is 153 Å². The summed E-state index contributed by atoms with van der Waals surface area (Å²) in [5.41, 5.74) is 0.339.